The lowest BCUT2D eigenvalue weighted by Crippen LogP contribution is -2.41. The minimum Gasteiger partial charge on any atom is -0.497 e. The molecule has 0 unspecified atom stereocenters. The molecule has 0 saturated carbocycles. The van der Waals surface area contributed by atoms with E-state index in [9.17, 15) is 9.59 Å². The average Bonchev–Trinajstić information content (AvgIpc) is 2.74. The third-order valence-electron chi connectivity index (χ3n) is 4.72. The molecule has 2 amide bonds. The van der Waals surface area contributed by atoms with Crippen molar-refractivity contribution in [1.29, 1.82) is 0 Å². The normalized spacial score (nSPS) is 13.8. The van der Waals surface area contributed by atoms with Gasteiger partial charge in [-0.15, -0.1) is 0 Å². The van der Waals surface area contributed by atoms with Crippen LogP contribution in [0.3, 0.4) is 0 Å². The van der Waals surface area contributed by atoms with Crippen LogP contribution in [-0.4, -0.2) is 66.6 Å². The number of methoxy groups -OCH3 is 1. The van der Waals surface area contributed by atoms with Gasteiger partial charge in [-0.05, 0) is 24.6 Å². The van der Waals surface area contributed by atoms with Crippen LogP contribution in [0.15, 0.2) is 30.5 Å². The first kappa shape index (κ1) is 20.7. The van der Waals surface area contributed by atoms with E-state index in [0.29, 0.717) is 56.4 Å². The Balaban J connectivity index is 1.57. The van der Waals surface area contributed by atoms with Crippen LogP contribution in [0.5, 0.6) is 5.75 Å². The highest BCUT2D eigenvalue weighted by atomic mass is 16.5. The molecule has 1 aliphatic rings. The summed E-state index contributed by atoms with van der Waals surface area (Å²) >= 11 is 0. The molecule has 0 radical (unpaired) electrons. The standard InChI is InChI=1S/C21H26N4O4/c1-15-23-14-18(21(27)25-9-11-29-12-10-25)19(24-15)7-8-22-20(26)13-16-3-5-17(28-2)6-4-16/h3-6,14H,7-13H2,1-2H3,(H,22,26). The topological polar surface area (TPSA) is 93.7 Å². The lowest BCUT2D eigenvalue weighted by molar-refractivity contribution is -0.120. The summed E-state index contributed by atoms with van der Waals surface area (Å²) in [5, 5.41) is 2.90. The first-order valence-electron chi connectivity index (χ1n) is 9.66. The third kappa shape index (κ3) is 5.74. The maximum absolute atomic E-state index is 12.8. The van der Waals surface area contributed by atoms with Crippen LogP contribution in [-0.2, 0) is 22.4 Å². The number of benzene rings is 1. The van der Waals surface area contributed by atoms with Crippen LogP contribution < -0.4 is 10.1 Å². The molecule has 8 heteroatoms. The lowest BCUT2D eigenvalue weighted by atomic mass is 10.1. The summed E-state index contributed by atoms with van der Waals surface area (Å²) in [4.78, 5) is 35.4. The summed E-state index contributed by atoms with van der Waals surface area (Å²) in [5.74, 6) is 1.18. The molecule has 0 aliphatic carbocycles. The molecule has 0 bridgehead atoms. The SMILES string of the molecule is COc1ccc(CC(=O)NCCc2nc(C)ncc2C(=O)N2CCOCC2)cc1. The Kier molecular flexibility index (Phi) is 7.13. The lowest BCUT2D eigenvalue weighted by Gasteiger charge is -2.27. The maximum atomic E-state index is 12.8. The second-order valence-electron chi connectivity index (χ2n) is 6.81. The summed E-state index contributed by atoms with van der Waals surface area (Å²) in [6, 6.07) is 7.39. The van der Waals surface area contributed by atoms with Gasteiger partial charge in [0.1, 0.15) is 11.6 Å². The van der Waals surface area contributed by atoms with Crippen LogP contribution in [0.4, 0.5) is 0 Å². The van der Waals surface area contributed by atoms with Gasteiger partial charge < -0.3 is 19.7 Å². The Bertz CT molecular complexity index is 848. The summed E-state index contributed by atoms with van der Waals surface area (Å²) in [7, 11) is 1.61. The van der Waals surface area contributed by atoms with Crippen LogP contribution in [0.2, 0.25) is 0 Å². The van der Waals surface area contributed by atoms with Gasteiger partial charge in [-0.1, -0.05) is 12.1 Å². The van der Waals surface area contributed by atoms with E-state index in [1.54, 1.807) is 25.1 Å². The van der Waals surface area contributed by atoms with E-state index in [1.165, 1.54) is 0 Å². The van der Waals surface area contributed by atoms with Crippen LogP contribution in [0, 0.1) is 6.92 Å². The van der Waals surface area contributed by atoms with Gasteiger partial charge in [-0.25, -0.2) is 9.97 Å². The molecular formula is C21H26N4O4. The van der Waals surface area contributed by atoms with Crippen molar-refractivity contribution in [3.05, 3.63) is 53.1 Å². The van der Waals surface area contributed by atoms with Gasteiger partial charge in [-0.2, -0.15) is 0 Å². The number of amides is 2. The van der Waals surface area contributed by atoms with Crippen molar-refractivity contribution < 1.29 is 19.1 Å². The van der Waals surface area contributed by atoms with Gasteiger partial charge in [0.15, 0.2) is 0 Å². The first-order valence-corrected chi connectivity index (χ1v) is 9.66. The molecule has 1 aliphatic heterocycles. The van der Waals surface area contributed by atoms with Gasteiger partial charge in [0.2, 0.25) is 5.91 Å². The number of aromatic nitrogens is 2. The van der Waals surface area contributed by atoms with Crippen molar-refractivity contribution in [2.75, 3.05) is 40.0 Å². The Morgan fingerprint density at radius 1 is 1.21 bits per heavy atom. The van der Waals surface area contributed by atoms with E-state index in [-0.39, 0.29) is 18.2 Å². The van der Waals surface area contributed by atoms with Gasteiger partial charge in [0.25, 0.3) is 5.91 Å². The molecule has 2 aromatic rings. The van der Waals surface area contributed by atoms with Crippen LogP contribution >= 0.6 is 0 Å². The third-order valence-corrected chi connectivity index (χ3v) is 4.72. The number of ether oxygens (including phenoxy) is 2. The average molecular weight is 398 g/mol. The Morgan fingerprint density at radius 2 is 1.93 bits per heavy atom. The minimum atomic E-state index is -0.0899. The minimum absolute atomic E-state index is 0.0815. The number of hydrogen-bond donors (Lipinski definition) is 1. The monoisotopic (exact) mass is 398 g/mol. The summed E-state index contributed by atoms with van der Waals surface area (Å²) in [6.07, 6.45) is 2.32. The van der Waals surface area contributed by atoms with Crippen LogP contribution in [0.25, 0.3) is 0 Å². The molecule has 1 aromatic heterocycles. The van der Waals surface area contributed by atoms with Crippen molar-refractivity contribution in [3.8, 4) is 5.75 Å². The van der Waals surface area contributed by atoms with Gasteiger partial charge in [-0.3, -0.25) is 9.59 Å². The summed E-state index contributed by atoms with van der Waals surface area (Å²) < 4.78 is 10.4. The van der Waals surface area contributed by atoms with Gasteiger partial charge >= 0.3 is 0 Å². The number of morpholine rings is 1. The first-order chi connectivity index (χ1) is 14.1. The molecule has 1 fully saturated rings. The van der Waals surface area contributed by atoms with Gasteiger partial charge in [0.05, 0.1) is 38.0 Å². The van der Waals surface area contributed by atoms with Crippen molar-refractivity contribution in [2.45, 2.75) is 19.8 Å². The molecule has 29 heavy (non-hydrogen) atoms. The summed E-state index contributed by atoms with van der Waals surface area (Å²) in [6.45, 7) is 4.38. The number of nitrogens with zero attached hydrogens (tertiary/aromatic N) is 3. The number of carbonyl (C=O) groups excluding carboxylic acids is 2. The molecular weight excluding hydrogens is 372 g/mol. The molecule has 8 nitrogen and oxygen atoms in total. The zero-order valence-electron chi connectivity index (χ0n) is 16.8. The van der Waals surface area contributed by atoms with E-state index in [2.05, 4.69) is 15.3 Å². The van der Waals surface area contributed by atoms with Crippen molar-refractivity contribution in [3.63, 3.8) is 0 Å². The van der Waals surface area contributed by atoms with E-state index in [4.69, 9.17) is 9.47 Å². The van der Waals surface area contributed by atoms with Crippen molar-refractivity contribution in [1.82, 2.24) is 20.2 Å². The zero-order chi connectivity index (χ0) is 20.6. The fourth-order valence-electron chi connectivity index (χ4n) is 3.13. The molecule has 1 aromatic carbocycles. The Hall–Kier alpha value is -3.00. The summed E-state index contributed by atoms with van der Waals surface area (Å²) in [5.41, 5.74) is 2.05. The molecule has 0 spiro atoms. The van der Waals surface area contributed by atoms with E-state index in [0.717, 1.165) is 11.3 Å². The molecule has 1 saturated heterocycles. The van der Waals surface area contributed by atoms with E-state index in [1.807, 2.05) is 24.3 Å². The Morgan fingerprint density at radius 3 is 2.62 bits per heavy atom. The number of nitrogens with one attached hydrogen (secondary N) is 1. The largest absolute Gasteiger partial charge is 0.497 e. The zero-order valence-corrected chi connectivity index (χ0v) is 16.8. The predicted molar refractivity (Wildman–Crippen MR) is 107 cm³/mol. The predicted octanol–water partition coefficient (Wildman–Crippen LogP) is 1.17. The highest BCUT2D eigenvalue weighted by Gasteiger charge is 2.22. The van der Waals surface area contributed by atoms with E-state index < -0.39 is 0 Å². The number of hydrogen-bond acceptors (Lipinski definition) is 6. The second-order valence-corrected chi connectivity index (χ2v) is 6.81. The number of carbonyl (C=O) groups is 2. The highest BCUT2D eigenvalue weighted by Crippen LogP contribution is 2.13. The van der Waals surface area contributed by atoms with Crippen molar-refractivity contribution in [2.24, 2.45) is 0 Å². The quantitative estimate of drug-likeness (QED) is 0.753. The molecule has 2 heterocycles. The number of aryl methyl sites for hydroxylation is 1. The second kappa shape index (κ2) is 9.97. The molecule has 0 atom stereocenters. The van der Waals surface area contributed by atoms with Crippen molar-refractivity contribution >= 4 is 11.8 Å². The van der Waals surface area contributed by atoms with Gasteiger partial charge in [0, 0.05) is 32.3 Å². The fourth-order valence-corrected chi connectivity index (χ4v) is 3.13. The van der Waals surface area contributed by atoms with E-state index >= 15 is 0 Å². The molecule has 3 rings (SSSR count). The molecule has 154 valence electrons. The Labute approximate surface area is 170 Å². The number of rotatable bonds is 7. The maximum Gasteiger partial charge on any atom is 0.257 e. The van der Waals surface area contributed by atoms with Crippen LogP contribution in [0.1, 0.15) is 27.4 Å². The molecule has 1 N–H and O–H groups in total. The smallest absolute Gasteiger partial charge is 0.257 e. The highest BCUT2D eigenvalue weighted by molar-refractivity contribution is 5.95. The fraction of sp³-hybridized carbons (Fsp3) is 0.429.